The van der Waals surface area contributed by atoms with E-state index in [1.54, 1.807) is 11.3 Å². The number of nitrogens with zero attached hydrogens (tertiary/aromatic N) is 2. The molecular weight excluding hydrogens is 320 g/mol. The Bertz CT molecular complexity index is 571. The van der Waals surface area contributed by atoms with E-state index in [9.17, 15) is 4.79 Å². The number of hydrogen-bond donors (Lipinski definition) is 0. The monoisotopic (exact) mass is 350 g/mol. The summed E-state index contributed by atoms with van der Waals surface area (Å²) in [6, 6.07) is 2.58. The second-order valence-electron chi connectivity index (χ2n) is 7.33. The normalized spacial score (nSPS) is 24.0. The van der Waals surface area contributed by atoms with Gasteiger partial charge in [0.05, 0.1) is 11.5 Å². The molecule has 1 aromatic heterocycles. The average molecular weight is 351 g/mol. The lowest BCUT2D eigenvalue weighted by Gasteiger charge is -2.45. The Morgan fingerprint density at radius 1 is 1.33 bits per heavy atom. The Balaban J connectivity index is 1.60. The van der Waals surface area contributed by atoms with Gasteiger partial charge in [0.2, 0.25) is 0 Å². The molecule has 2 saturated heterocycles. The van der Waals surface area contributed by atoms with E-state index in [-0.39, 0.29) is 11.4 Å². The first-order valence-electron chi connectivity index (χ1n) is 9.14. The average Bonchev–Trinajstić information content (AvgIpc) is 3.07. The third-order valence-electron chi connectivity index (χ3n) is 6.11. The fourth-order valence-corrected chi connectivity index (χ4v) is 5.21. The van der Waals surface area contributed by atoms with E-state index in [1.165, 1.54) is 23.3 Å². The van der Waals surface area contributed by atoms with Crippen molar-refractivity contribution in [1.29, 1.82) is 0 Å². The van der Waals surface area contributed by atoms with Gasteiger partial charge in [-0.25, -0.2) is 0 Å². The summed E-state index contributed by atoms with van der Waals surface area (Å²) in [4.78, 5) is 19.5. The lowest BCUT2D eigenvalue weighted by Crippen LogP contribution is -2.54. The van der Waals surface area contributed by atoms with Gasteiger partial charge in [0, 0.05) is 36.2 Å². The van der Waals surface area contributed by atoms with Crippen LogP contribution in [0.5, 0.6) is 0 Å². The summed E-state index contributed by atoms with van der Waals surface area (Å²) in [5.41, 5.74) is 1.51. The minimum Gasteiger partial charge on any atom is -0.380 e. The molecule has 0 N–H and O–H groups in total. The highest BCUT2D eigenvalue weighted by atomic mass is 32.1. The number of rotatable bonds is 4. The van der Waals surface area contributed by atoms with Crippen LogP contribution in [0, 0.1) is 13.8 Å². The molecule has 0 aliphatic carbocycles. The summed E-state index contributed by atoms with van der Waals surface area (Å²) in [7, 11) is 2.25. The molecule has 0 unspecified atom stereocenters. The zero-order chi connectivity index (χ0) is 17.3. The van der Waals surface area contributed by atoms with Gasteiger partial charge in [-0.05, 0) is 65.1 Å². The van der Waals surface area contributed by atoms with Crippen LogP contribution >= 0.6 is 11.3 Å². The Kier molecular flexibility index (Phi) is 5.33. The molecule has 1 amide bonds. The highest BCUT2D eigenvalue weighted by molar-refractivity contribution is 7.14. The van der Waals surface area contributed by atoms with Crippen LogP contribution < -0.4 is 0 Å². The Hall–Kier alpha value is -0.910. The first kappa shape index (κ1) is 17.9. The van der Waals surface area contributed by atoms with Gasteiger partial charge in [0.15, 0.2) is 0 Å². The van der Waals surface area contributed by atoms with Crippen LogP contribution in [-0.4, -0.2) is 60.6 Å². The summed E-state index contributed by atoms with van der Waals surface area (Å²) in [5.74, 6) is 0.220. The van der Waals surface area contributed by atoms with Crippen LogP contribution in [0.4, 0.5) is 0 Å². The molecule has 2 aliphatic rings. The third-order valence-corrected chi connectivity index (χ3v) is 7.25. The van der Waals surface area contributed by atoms with Crippen LogP contribution in [0.1, 0.15) is 52.7 Å². The van der Waals surface area contributed by atoms with E-state index in [0.717, 1.165) is 44.0 Å². The Labute approximate surface area is 149 Å². The number of hydrogen-bond acceptors (Lipinski definition) is 4. The van der Waals surface area contributed by atoms with E-state index in [4.69, 9.17) is 4.74 Å². The molecule has 1 aromatic rings. The molecule has 0 radical (unpaired) electrons. The van der Waals surface area contributed by atoms with Gasteiger partial charge < -0.3 is 9.64 Å². The number of carbonyl (C=O) groups excluding carboxylic acids is 1. The molecule has 134 valence electrons. The molecule has 4 nitrogen and oxygen atoms in total. The molecule has 2 aliphatic heterocycles. The number of likely N-dealkylation sites (N-methyl/N-ethyl adjacent to an activating group) is 1. The lowest BCUT2D eigenvalue weighted by molar-refractivity contribution is 0.0212. The molecule has 0 bridgehead atoms. The van der Waals surface area contributed by atoms with Gasteiger partial charge in [-0.15, -0.1) is 11.3 Å². The molecule has 3 heterocycles. The van der Waals surface area contributed by atoms with Crippen LogP contribution in [0.2, 0.25) is 0 Å². The third kappa shape index (κ3) is 3.26. The quantitative estimate of drug-likeness (QED) is 0.833. The van der Waals surface area contributed by atoms with Crippen LogP contribution in [-0.2, 0) is 4.74 Å². The number of likely N-dealkylation sites (tertiary alicyclic amines) is 2. The summed E-state index contributed by atoms with van der Waals surface area (Å²) in [5, 5.41) is 0. The largest absolute Gasteiger partial charge is 0.380 e. The summed E-state index contributed by atoms with van der Waals surface area (Å²) < 4.78 is 5.65. The molecule has 1 atom stereocenters. The molecule has 24 heavy (non-hydrogen) atoms. The number of amides is 1. The Morgan fingerprint density at radius 2 is 2.04 bits per heavy atom. The molecule has 0 aromatic carbocycles. The Morgan fingerprint density at radius 3 is 2.62 bits per heavy atom. The number of thiophene rings is 1. The molecule has 5 heteroatoms. The van der Waals surface area contributed by atoms with Crippen molar-refractivity contribution in [1.82, 2.24) is 9.80 Å². The fraction of sp³-hybridized carbons (Fsp3) is 0.737. The van der Waals surface area contributed by atoms with E-state index < -0.39 is 0 Å². The van der Waals surface area contributed by atoms with E-state index in [1.807, 2.05) is 6.07 Å². The van der Waals surface area contributed by atoms with E-state index in [0.29, 0.717) is 6.04 Å². The van der Waals surface area contributed by atoms with Crippen molar-refractivity contribution < 1.29 is 9.53 Å². The standard InChI is InChI=1S/C19H30N2O2S/c1-5-23-13-16-6-7-19(20(16)4)8-10-21(11-9-19)18(22)17-12-14(2)15(3)24-17/h12,16H,5-11,13H2,1-4H3/t16-/m1/s1. The van der Waals surface area contributed by atoms with Gasteiger partial charge in [0.1, 0.15) is 0 Å². The molecule has 1 spiro atoms. The van der Waals surface area contributed by atoms with Crippen molar-refractivity contribution in [3.05, 3.63) is 21.4 Å². The van der Waals surface area contributed by atoms with Crippen LogP contribution in [0.25, 0.3) is 0 Å². The summed E-state index contributed by atoms with van der Waals surface area (Å²) in [6.45, 7) is 9.61. The zero-order valence-corrected chi connectivity index (χ0v) is 16.2. The first-order valence-corrected chi connectivity index (χ1v) is 9.95. The lowest BCUT2D eigenvalue weighted by atomic mass is 9.85. The topological polar surface area (TPSA) is 32.8 Å². The van der Waals surface area contributed by atoms with E-state index in [2.05, 4.69) is 37.6 Å². The van der Waals surface area contributed by atoms with Crippen LogP contribution in [0.3, 0.4) is 0 Å². The predicted molar refractivity (Wildman–Crippen MR) is 98.9 cm³/mol. The zero-order valence-electron chi connectivity index (χ0n) is 15.4. The summed E-state index contributed by atoms with van der Waals surface area (Å²) >= 11 is 1.63. The molecular formula is C19H30N2O2S. The van der Waals surface area contributed by atoms with Crippen molar-refractivity contribution in [2.45, 2.75) is 58.0 Å². The summed E-state index contributed by atoms with van der Waals surface area (Å²) in [6.07, 6.45) is 4.62. The van der Waals surface area contributed by atoms with Gasteiger partial charge in [0.25, 0.3) is 5.91 Å². The smallest absolute Gasteiger partial charge is 0.263 e. The van der Waals surface area contributed by atoms with Gasteiger partial charge in [-0.3, -0.25) is 9.69 Å². The second-order valence-corrected chi connectivity index (χ2v) is 8.59. The van der Waals surface area contributed by atoms with Gasteiger partial charge in [-0.2, -0.15) is 0 Å². The van der Waals surface area contributed by atoms with Gasteiger partial charge in [-0.1, -0.05) is 0 Å². The molecule has 0 saturated carbocycles. The highest BCUT2D eigenvalue weighted by Gasteiger charge is 2.46. The highest BCUT2D eigenvalue weighted by Crippen LogP contribution is 2.41. The van der Waals surface area contributed by atoms with Crippen molar-refractivity contribution in [3.63, 3.8) is 0 Å². The number of aryl methyl sites for hydroxylation is 2. The minimum atomic E-state index is 0.220. The van der Waals surface area contributed by atoms with Gasteiger partial charge >= 0.3 is 0 Å². The maximum atomic E-state index is 12.8. The molecule has 3 rings (SSSR count). The SMILES string of the molecule is CCOC[C@H]1CCC2(CCN(C(=O)c3cc(C)c(C)s3)CC2)N1C. The maximum Gasteiger partial charge on any atom is 0.263 e. The number of carbonyl (C=O) groups is 1. The van der Waals surface area contributed by atoms with Crippen molar-refractivity contribution >= 4 is 17.2 Å². The van der Waals surface area contributed by atoms with Crippen LogP contribution in [0.15, 0.2) is 6.07 Å². The number of ether oxygens (including phenoxy) is 1. The molecule has 2 fully saturated rings. The maximum absolute atomic E-state index is 12.8. The van der Waals surface area contributed by atoms with Crippen molar-refractivity contribution in [2.75, 3.05) is 33.4 Å². The van der Waals surface area contributed by atoms with Crippen molar-refractivity contribution in [3.8, 4) is 0 Å². The van der Waals surface area contributed by atoms with E-state index >= 15 is 0 Å². The van der Waals surface area contributed by atoms with Crippen molar-refractivity contribution in [2.24, 2.45) is 0 Å². The first-order chi connectivity index (χ1) is 11.5. The second kappa shape index (κ2) is 7.14. The fourth-order valence-electron chi connectivity index (χ4n) is 4.20. The minimum absolute atomic E-state index is 0.220. The predicted octanol–water partition coefficient (Wildman–Crippen LogP) is 3.47. The number of piperidine rings is 1.